The highest BCUT2D eigenvalue weighted by atomic mass is 35.5. The monoisotopic (exact) mass is 617 g/mol. The van der Waals surface area contributed by atoms with Gasteiger partial charge >= 0.3 is 12.1 Å². The highest BCUT2D eigenvalue weighted by Crippen LogP contribution is 2.38. The topological polar surface area (TPSA) is 58.6 Å². The second kappa shape index (κ2) is 15.6. The molecule has 9 heteroatoms. The Kier molecular flexibility index (Phi) is 12.3. The lowest BCUT2D eigenvalue weighted by molar-refractivity contribution is -0.138. The predicted molar refractivity (Wildman–Crippen MR) is 162 cm³/mol. The summed E-state index contributed by atoms with van der Waals surface area (Å²) in [5.41, 5.74) is 2.29. The molecule has 0 saturated heterocycles. The average Bonchev–Trinajstić information content (AvgIpc) is 2.94. The molecule has 4 nitrogen and oxygen atoms in total. The van der Waals surface area contributed by atoms with Crippen LogP contribution in [0.3, 0.4) is 0 Å². The number of hydrogen-bond donors (Lipinski definition) is 2. The van der Waals surface area contributed by atoms with Crippen LogP contribution in [0.1, 0.15) is 40.2 Å². The Bertz CT molecular complexity index is 1380. The summed E-state index contributed by atoms with van der Waals surface area (Å²) in [7, 11) is 0. The SMILES string of the molecule is Cl.O=C(O)Cc1cccc(OCCCNC(Cc2cccc(C(F)(F)F)c2Cl)C(c2ccccc2)c2ccccc2)c1. The number of carboxylic acids is 1. The van der Waals surface area contributed by atoms with Crippen LogP contribution in [0.15, 0.2) is 103 Å². The lowest BCUT2D eigenvalue weighted by Crippen LogP contribution is -2.38. The van der Waals surface area contributed by atoms with Crippen LogP contribution >= 0.6 is 24.0 Å². The van der Waals surface area contributed by atoms with Crippen LogP contribution in [-0.4, -0.2) is 30.3 Å². The third-order valence-corrected chi connectivity index (χ3v) is 7.24. The summed E-state index contributed by atoms with van der Waals surface area (Å²) >= 11 is 6.33. The Hall–Kier alpha value is -3.52. The van der Waals surface area contributed by atoms with Gasteiger partial charge in [-0.05, 0) is 59.8 Å². The number of hydrogen-bond acceptors (Lipinski definition) is 3. The Morgan fingerprint density at radius 3 is 2.10 bits per heavy atom. The fourth-order valence-electron chi connectivity index (χ4n) is 4.95. The van der Waals surface area contributed by atoms with Crippen molar-refractivity contribution in [2.45, 2.75) is 37.4 Å². The summed E-state index contributed by atoms with van der Waals surface area (Å²) in [4.78, 5) is 11.0. The smallest absolute Gasteiger partial charge is 0.417 e. The lowest BCUT2D eigenvalue weighted by Gasteiger charge is -2.30. The molecule has 0 bridgehead atoms. The number of carboxylic acid groups (broad SMARTS) is 1. The van der Waals surface area contributed by atoms with Crippen LogP contribution in [-0.2, 0) is 23.8 Å². The van der Waals surface area contributed by atoms with E-state index in [0.717, 1.165) is 17.2 Å². The van der Waals surface area contributed by atoms with E-state index in [9.17, 15) is 18.0 Å². The number of aliphatic carboxylic acids is 1. The van der Waals surface area contributed by atoms with Crippen molar-refractivity contribution < 1.29 is 27.8 Å². The third-order valence-electron chi connectivity index (χ3n) is 6.79. The van der Waals surface area contributed by atoms with Crippen LogP contribution in [0.2, 0.25) is 5.02 Å². The molecule has 0 saturated carbocycles. The van der Waals surface area contributed by atoms with Gasteiger partial charge in [-0.2, -0.15) is 13.2 Å². The average molecular weight is 619 g/mol. The summed E-state index contributed by atoms with van der Waals surface area (Å²) in [6, 6.07) is 30.5. The molecule has 0 fully saturated rings. The number of carbonyl (C=O) groups is 1. The van der Waals surface area contributed by atoms with Gasteiger partial charge in [0.05, 0.1) is 23.6 Å². The summed E-state index contributed by atoms with van der Waals surface area (Å²) in [5, 5.41) is 12.3. The summed E-state index contributed by atoms with van der Waals surface area (Å²) in [6.07, 6.45) is -3.74. The first-order chi connectivity index (χ1) is 19.7. The molecule has 42 heavy (non-hydrogen) atoms. The zero-order valence-electron chi connectivity index (χ0n) is 22.7. The molecule has 2 N–H and O–H groups in total. The molecule has 1 atom stereocenters. The normalized spacial score (nSPS) is 12.0. The molecule has 0 aliphatic rings. The van der Waals surface area contributed by atoms with E-state index in [2.05, 4.69) is 5.32 Å². The van der Waals surface area contributed by atoms with Gasteiger partial charge in [0.1, 0.15) is 5.75 Å². The fourth-order valence-corrected chi connectivity index (χ4v) is 5.26. The minimum Gasteiger partial charge on any atom is -0.494 e. The number of nitrogens with one attached hydrogen (secondary N) is 1. The Labute approximate surface area is 254 Å². The van der Waals surface area contributed by atoms with Crippen LogP contribution in [0.5, 0.6) is 5.75 Å². The van der Waals surface area contributed by atoms with E-state index in [1.165, 1.54) is 6.07 Å². The van der Waals surface area contributed by atoms with Gasteiger partial charge in [0.15, 0.2) is 0 Å². The first-order valence-electron chi connectivity index (χ1n) is 13.3. The number of ether oxygens (including phenoxy) is 1. The molecule has 222 valence electrons. The second-order valence-electron chi connectivity index (χ2n) is 9.76. The summed E-state index contributed by atoms with van der Waals surface area (Å²) in [6.45, 7) is 0.911. The molecule has 0 spiro atoms. The van der Waals surface area contributed by atoms with Crippen molar-refractivity contribution in [2.24, 2.45) is 0 Å². The highest BCUT2D eigenvalue weighted by molar-refractivity contribution is 6.32. The van der Waals surface area contributed by atoms with E-state index in [-0.39, 0.29) is 42.2 Å². The largest absolute Gasteiger partial charge is 0.494 e. The van der Waals surface area contributed by atoms with Gasteiger partial charge < -0.3 is 15.2 Å². The van der Waals surface area contributed by atoms with Crippen LogP contribution in [0.25, 0.3) is 0 Å². The van der Waals surface area contributed by atoms with Gasteiger partial charge in [-0.3, -0.25) is 4.79 Å². The van der Waals surface area contributed by atoms with Crippen molar-refractivity contribution in [1.82, 2.24) is 5.32 Å². The highest BCUT2D eigenvalue weighted by Gasteiger charge is 2.34. The number of rotatable bonds is 13. The molecular formula is C33H32Cl2F3NO3. The fraction of sp³-hybridized carbons (Fsp3) is 0.242. The first-order valence-corrected chi connectivity index (χ1v) is 13.7. The molecular weight excluding hydrogens is 586 g/mol. The maximum absolute atomic E-state index is 13.6. The molecule has 0 aliphatic carbocycles. The summed E-state index contributed by atoms with van der Waals surface area (Å²) in [5.74, 6) is -0.483. The molecule has 4 rings (SSSR count). The van der Waals surface area contributed by atoms with Crippen molar-refractivity contribution in [2.75, 3.05) is 13.2 Å². The van der Waals surface area contributed by atoms with Crippen molar-refractivity contribution in [3.05, 3.63) is 136 Å². The van der Waals surface area contributed by atoms with Gasteiger partial charge in [-0.1, -0.05) is 96.5 Å². The van der Waals surface area contributed by atoms with Crippen molar-refractivity contribution in [1.29, 1.82) is 0 Å². The van der Waals surface area contributed by atoms with E-state index in [4.69, 9.17) is 21.4 Å². The second-order valence-corrected chi connectivity index (χ2v) is 10.1. The van der Waals surface area contributed by atoms with Gasteiger partial charge in [-0.25, -0.2) is 0 Å². The molecule has 4 aromatic carbocycles. The molecule has 0 heterocycles. The zero-order valence-corrected chi connectivity index (χ0v) is 24.3. The third kappa shape index (κ3) is 9.24. The Morgan fingerprint density at radius 1 is 0.881 bits per heavy atom. The lowest BCUT2D eigenvalue weighted by atomic mass is 9.82. The van der Waals surface area contributed by atoms with E-state index < -0.39 is 17.7 Å². The quantitative estimate of drug-likeness (QED) is 0.148. The standard InChI is InChI=1S/C33H31ClF3NO3.ClH/c34-32-26(15-8-17-28(32)33(35,36)37)22-29(31(24-11-3-1-4-12-24)25-13-5-2-6-14-25)38-18-9-19-41-27-16-7-10-23(20-27)21-30(39)40;/h1-8,10-17,20,29,31,38H,9,18-19,21-22H2,(H,39,40);1H. The number of benzene rings is 4. The van der Waals surface area contributed by atoms with Gasteiger partial charge in [0.2, 0.25) is 0 Å². The molecule has 0 aliphatic heterocycles. The van der Waals surface area contributed by atoms with Gasteiger partial charge in [0.25, 0.3) is 0 Å². The van der Waals surface area contributed by atoms with Crippen molar-refractivity contribution in [3.8, 4) is 5.75 Å². The number of alkyl halides is 3. The van der Waals surface area contributed by atoms with Gasteiger partial charge in [-0.15, -0.1) is 12.4 Å². The molecule has 0 aromatic heterocycles. The Balaban J connectivity index is 0.00000484. The summed E-state index contributed by atoms with van der Waals surface area (Å²) < 4.78 is 46.7. The van der Waals surface area contributed by atoms with Gasteiger partial charge in [0, 0.05) is 12.0 Å². The van der Waals surface area contributed by atoms with E-state index in [1.54, 1.807) is 30.3 Å². The maximum Gasteiger partial charge on any atom is 0.417 e. The Morgan fingerprint density at radius 2 is 1.50 bits per heavy atom. The van der Waals surface area contributed by atoms with Crippen molar-refractivity contribution in [3.63, 3.8) is 0 Å². The molecule has 0 amide bonds. The molecule has 0 radical (unpaired) electrons. The minimum atomic E-state index is -4.55. The van der Waals surface area contributed by atoms with Crippen LogP contribution in [0, 0.1) is 0 Å². The van der Waals surface area contributed by atoms with E-state index >= 15 is 0 Å². The molecule has 4 aromatic rings. The first kappa shape index (κ1) is 33.0. The van der Waals surface area contributed by atoms with E-state index in [0.29, 0.717) is 36.4 Å². The molecule has 1 unspecified atom stereocenters. The zero-order chi connectivity index (χ0) is 29.2. The van der Waals surface area contributed by atoms with Crippen LogP contribution < -0.4 is 10.1 Å². The number of halogens is 5. The van der Waals surface area contributed by atoms with Crippen LogP contribution in [0.4, 0.5) is 13.2 Å². The van der Waals surface area contributed by atoms with Crippen molar-refractivity contribution >= 4 is 30.0 Å². The van der Waals surface area contributed by atoms with E-state index in [1.807, 2.05) is 60.7 Å². The predicted octanol–water partition coefficient (Wildman–Crippen LogP) is 8.21. The minimum absolute atomic E-state index is 0. The maximum atomic E-state index is 13.6.